The smallest absolute Gasteiger partial charge is 0.0300 e. The second kappa shape index (κ2) is 6.12. The van der Waals surface area contributed by atoms with Crippen molar-refractivity contribution in [2.75, 3.05) is 13.1 Å². The molecule has 0 amide bonds. The summed E-state index contributed by atoms with van der Waals surface area (Å²) in [5.74, 6) is 0. The van der Waals surface area contributed by atoms with Crippen LogP contribution >= 0.6 is 0 Å². The Bertz CT molecular complexity index is 323. The van der Waals surface area contributed by atoms with Crippen molar-refractivity contribution in [3.05, 3.63) is 30.1 Å². The molecule has 0 spiro atoms. The maximum Gasteiger partial charge on any atom is 0.0300 e. The molecule has 1 aromatic heterocycles. The summed E-state index contributed by atoms with van der Waals surface area (Å²) < 4.78 is 0. The molecular weight excluding hydrogens is 210 g/mol. The molecule has 1 fully saturated rings. The Labute approximate surface area is 104 Å². The van der Waals surface area contributed by atoms with E-state index >= 15 is 0 Å². The van der Waals surface area contributed by atoms with E-state index in [1.165, 1.54) is 31.4 Å². The highest BCUT2D eigenvalue weighted by molar-refractivity contribution is 5.08. The van der Waals surface area contributed by atoms with Gasteiger partial charge < -0.3 is 5.73 Å². The van der Waals surface area contributed by atoms with Crippen LogP contribution in [0.4, 0.5) is 0 Å². The van der Waals surface area contributed by atoms with Crippen molar-refractivity contribution in [1.82, 2.24) is 9.88 Å². The van der Waals surface area contributed by atoms with E-state index in [0.29, 0.717) is 6.04 Å². The molecule has 1 saturated heterocycles. The minimum atomic E-state index is 0.282. The van der Waals surface area contributed by atoms with Crippen LogP contribution in [0, 0.1) is 0 Å². The number of piperidine rings is 1. The molecular formula is C14H23N3. The zero-order valence-electron chi connectivity index (χ0n) is 10.7. The highest BCUT2D eigenvalue weighted by atomic mass is 15.2. The normalized spacial score (nSPS) is 23.5. The first kappa shape index (κ1) is 12.5. The molecule has 17 heavy (non-hydrogen) atoms. The summed E-state index contributed by atoms with van der Waals surface area (Å²) in [5, 5.41) is 0. The SMILES string of the molecule is CC(N)C1CCCCN1CCc1cccnc1. The first-order valence-corrected chi connectivity index (χ1v) is 6.66. The molecule has 0 bridgehead atoms. The van der Waals surface area contributed by atoms with Gasteiger partial charge in [0.25, 0.3) is 0 Å². The van der Waals surface area contributed by atoms with Gasteiger partial charge in [0, 0.05) is 31.0 Å². The number of hydrogen-bond donors (Lipinski definition) is 1. The van der Waals surface area contributed by atoms with Crippen LogP contribution in [0.15, 0.2) is 24.5 Å². The van der Waals surface area contributed by atoms with E-state index in [0.717, 1.165) is 13.0 Å². The van der Waals surface area contributed by atoms with Gasteiger partial charge in [-0.05, 0) is 44.4 Å². The van der Waals surface area contributed by atoms with Crippen LogP contribution in [-0.2, 0) is 6.42 Å². The van der Waals surface area contributed by atoms with Crippen LogP contribution in [0.25, 0.3) is 0 Å². The van der Waals surface area contributed by atoms with E-state index in [9.17, 15) is 0 Å². The summed E-state index contributed by atoms with van der Waals surface area (Å²) in [6, 6.07) is 5.01. The van der Waals surface area contributed by atoms with Gasteiger partial charge in [0.15, 0.2) is 0 Å². The minimum Gasteiger partial charge on any atom is -0.327 e. The Hall–Kier alpha value is -0.930. The lowest BCUT2D eigenvalue weighted by atomic mass is 9.96. The average Bonchev–Trinajstić information content (AvgIpc) is 2.38. The van der Waals surface area contributed by atoms with Gasteiger partial charge in [0.05, 0.1) is 0 Å². The molecule has 2 atom stereocenters. The molecule has 0 radical (unpaired) electrons. The molecule has 3 heteroatoms. The Balaban J connectivity index is 1.88. The molecule has 94 valence electrons. The summed E-state index contributed by atoms with van der Waals surface area (Å²) in [5.41, 5.74) is 7.39. The fourth-order valence-electron chi connectivity index (χ4n) is 2.71. The molecule has 1 aliphatic heterocycles. The summed E-state index contributed by atoms with van der Waals surface area (Å²) in [6.45, 7) is 4.44. The quantitative estimate of drug-likeness (QED) is 0.862. The van der Waals surface area contributed by atoms with Gasteiger partial charge in [-0.15, -0.1) is 0 Å². The monoisotopic (exact) mass is 233 g/mol. The third-order valence-corrected chi connectivity index (χ3v) is 3.68. The van der Waals surface area contributed by atoms with Gasteiger partial charge in [0.1, 0.15) is 0 Å². The van der Waals surface area contributed by atoms with E-state index in [2.05, 4.69) is 22.9 Å². The van der Waals surface area contributed by atoms with E-state index in [4.69, 9.17) is 5.73 Å². The van der Waals surface area contributed by atoms with Crippen molar-refractivity contribution < 1.29 is 0 Å². The van der Waals surface area contributed by atoms with Crippen molar-refractivity contribution in [2.45, 2.75) is 44.7 Å². The van der Waals surface area contributed by atoms with Gasteiger partial charge in [-0.1, -0.05) is 12.5 Å². The molecule has 2 heterocycles. The Morgan fingerprint density at radius 1 is 1.53 bits per heavy atom. The number of aromatic nitrogens is 1. The van der Waals surface area contributed by atoms with Crippen LogP contribution < -0.4 is 5.73 Å². The number of hydrogen-bond acceptors (Lipinski definition) is 3. The van der Waals surface area contributed by atoms with E-state index < -0.39 is 0 Å². The van der Waals surface area contributed by atoms with Crippen molar-refractivity contribution in [1.29, 1.82) is 0 Å². The lowest BCUT2D eigenvalue weighted by Crippen LogP contribution is -2.49. The maximum absolute atomic E-state index is 6.07. The van der Waals surface area contributed by atoms with E-state index in [-0.39, 0.29) is 6.04 Å². The second-order valence-corrected chi connectivity index (χ2v) is 5.07. The topological polar surface area (TPSA) is 42.1 Å². The molecule has 2 unspecified atom stereocenters. The van der Waals surface area contributed by atoms with Gasteiger partial charge in [-0.25, -0.2) is 0 Å². The molecule has 0 saturated carbocycles. The Kier molecular flexibility index (Phi) is 4.51. The largest absolute Gasteiger partial charge is 0.327 e. The van der Waals surface area contributed by atoms with Gasteiger partial charge in [0.2, 0.25) is 0 Å². The summed E-state index contributed by atoms with van der Waals surface area (Å²) in [6.07, 6.45) is 8.77. The van der Waals surface area contributed by atoms with Crippen LogP contribution in [0.3, 0.4) is 0 Å². The fraction of sp³-hybridized carbons (Fsp3) is 0.643. The zero-order valence-corrected chi connectivity index (χ0v) is 10.7. The van der Waals surface area contributed by atoms with E-state index in [1.807, 2.05) is 18.5 Å². The lowest BCUT2D eigenvalue weighted by molar-refractivity contribution is 0.132. The summed E-state index contributed by atoms with van der Waals surface area (Å²) >= 11 is 0. The summed E-state index contributed by atoms with van der Waals surface area (Å²) in [4.78, 5) is 6.72. The third kappa shape index (κ3) is 3.51. The summed E-state index contributed by atoms with van der Waals surface area (Å²) in [7, 11) is 0. The second-order valence-electron chi connectivity index (χ2n) is 5.07. The molecule has 2 rings (SSSR count). The fourth-order valence-corrected chi connectivity index (χ4v) is 2.71. The predicted octanol–water partition coefficient (Wildman–Crippen LogP) is 1.83. The highest BCUT2D eigenvalue weighted by Gasteiger charge is 2.24. The number of rotatable bonds is 4. The predicted molar refractivity (Wildman–Crippen MR) is 70.8 cm³/mol. The van der Waals surface area contributed by atoms with Gasteiger partial charge in [-0.2, -0.15) is 0 Å². The molecule has 1 aromatic rings. The van der Waals surface area contributed by atoms with E-state index in [1.54, 1.807) is 0 Å². The van der Waals surface area contributed by atoms with Crippen LogP contribution in [0.5, 0.6) is 0 Å². The molecule has 1 aliphatic rings. The lowest BCUT2D eigenvalue weighted by Gasteiger charge is -2.38. The van der Waals surface area contributed by atoms with Crippen LogP contribution in [0.2, 0.25) is 0 Å². The minimum absolute atomic E-state index is 0.282. The maximum atomic E-state index is 6.07. The van der Waals surface area contributed by atoms with Crippen LogP contribution in [-0.4, -0.2) is 35.1 Å². The van der Waals surface area contributed by atoms with Crippen molar-refractivity contribution >= 4 is 0 Å². The van der Waals surface area contributed by atoms with Crippen molar-refractivity contribution in [3.63, 3.8) is 0 Å². The molecule has 3 nitrogen and oxygen atoms in total. The number of pyridine rings is 1. The van der Waals surface area contributed by atoms with Crippen LogP contribution in [0.1, 0.15) is 31.7 Å². The van der Waals surface area contributed by atoms with Crippen molar-refractivity contribution in [2.24, 2.45) is 5.73 Å². The molecule has 2 N–H and O–H groups in total. The number of nitrogens with zero attached hydrogens (tertiary/aromatic N) is 2. The average molecular weight is 233 g/mol. The first-order chi connectivity index (χ1) is 8.27. The molecule has 0 aromatic carbocycles. The zero-order chi connectivity index (χ0) is 12.1. The Morgan fingerprint density at radius 3 is 3.12 bits per heavy atom. The standard InChI is InChI=1S/C14H23N3/c1-12(15)14-6-2-3-9-17(14)10-7-13-5-4-8-16-11-13/h4-5,8,11-12,14H,2-3,6-7,9-10,15H2,1H3. The number of nitrogens with two attached hydrogens (primary N) is 1. The third-order valence-electron chi connectivity index (χ3n) is 3.68. The molecule has 0 aliphatic carbocycles. The van der Waals surface area contributed by atoms with Gasteiger partial charge in [-0.3, -0.25) is 9.88 Å². The van der Waals surface area contributed by atoms with Crippen molar-refractivity contribution in [3.8, 4) is 0 Å². The highest BCUT2D eigenvalue weighted by Crippen LogP contribution is 2.19. The first-order valence-electron chi connectivity index (χ1n) is 6.66. The van der Waals surface area contributed by atoms with Gasteiger partial charge >= 0.3 is 0 Å². The number of likely N-dealkylation sites (tertiary alicyclic amines) is 1. The Morgan fingerprint density at radius 2 is 2.41 bits per heavy atom.